The molecule has 1 N–H and O–H groups in total. The molecule has 1 amide bonds. The molecule has 0 spiro atoms. The molecule has 29 heavy (non-hydrogen) atoms. The predicted molar refractivity (Wildman–Crippen MR) is 119 cm³/mol. The van der Waals surface area contributed by atoms with E-state index in [9.17, 15) is 9.59 Å². The van der Waals surface area contributed by atoms with Gasteiger partial charge in [0.05, 0.1) is 28.2 Å². The van der Waals surface area contributed by atoms with E-state index in [0.717, 1.165) is 15.7 Å². The number of hydrogen-bond donors (Lipinski definition) is 1. The van der Waals surface area contributed by atoms with Crippen LogP contribution in [-0.2, 0) is 4.79 Å². The van der Waals surface area contributed by atoms with Crippen LogP contribution < -0.4 is 10.6 Å². The number of H-pyrrole nitrogens is 1. The molecular weight excluding hydrogens is 432 g/mol. The van der Waals surface area contributed by atoms with Gasteiger partial charge in [-0.05, 0) is 63.2 Å². The highest BCUT2D eigenvalue weighted by molar-refractivity contribution is 9.10. The lowest BCUT2D eigenvalue weighted by molar-refractivity contribution is -0.114. The summed E-state index contributed by atoms with van der Waals surface area (Å²) in [7, 11) is 0. The number of aromatic amines is 1. The third-order valence-corrected chi connectivity index (χ3v) is 5.36. The number of rotatable bonds is 3. The molecule has 3 aromatic rings. The van der Waals surface area contributed by atoms with Crippen molar-refractivity contribution in [1.82, 2.24) is 9.78 Å². The van der Waals surface area contributed by atoms with Crippen LogP contribution in [0.3, 0.4) is 0 Å². The molecular formula is C22H19BrN4O2. The summed E-state index contributed by atoms with van der Waals surface area (Å²) in [6.45, 7) is 5.58. The normalized spacial score (nSPS) is 15.3. The van der Waals surface area contributed by atoms with E-state index in [4.69, 9.17) is 0 Å². The van der Waals surface area contributed by atoms with Gasteiger partial charge < -0.3 is 0 Å². The fourth-order valence-electron chi connectivity index (χ4n) is 3.19. The Bertz CT molecular complexity index is 1220. The van der Waals surface area contributed by atoms with Gasteiger partial charge in [0.25, 0.3) is 11.5 Å². The molecule has 7 heteroatoms. The Labute approximate surface area is 176 Å². The monoisotopic (exact) mass is 450 g/mol. The Kier molecular flexibility index (Phi) is 4.84. The largest absolute Gasteiger partial charge is 0.295 e. The summed E-state index contributed by atoms with van der Waals surface area (Å²) in [5, 5.41) is 8.83. The molecule has 6 nitrogen and oxygen atoms in total. The SMILES string of the molecule is CC1=NN(c2ccc(Br)cc2)C(=O)/C1=C\c1c(C)[nH]n(-c2ccc(C)cc2)c1=O. The van der Waals surface area contributed by atoms with Crippen molar-refractivity contribution in [2.75, 3.05) is 5.01 Å². The van der Waals surface area contributed by atoms with E-state index in [1.165, 1.54) is 9.69 Å². The van der Waals surface area contributed by atoms with Crippen LogP contribution in [0, 0.1) is 13.8 Å². The number of anilines is 1. The zero-order chi connectivity index (χ0) is 20.7. The van der Waals surface area contributed by atoms with E-state index in [1.807, 2.05) is 62.4 Å². The number of halogens is 1. The van der Waals surface area contributed by atoms with Crippen LogP contribution in [0.5, 0.6) is 0 Å². The molecule has 2 heterocycles. The van der Waals surface area contributed by atoms with E-state index in [-0.39, 0.29) is 11.5 Å². The Hall–Kier alpha value is -3.19. The van der Waals surface area contributed by atoms with Gasteiger partial charge in [-0.1, -0.05) is 33.6 Å². The number of amides is 1. The molecule has 0 saturated heterocycles. The van der Waals surface area contributed by atoms with Crippen LogP contribution in [0.2, 0.25) is 0 Å². The number of nitrogens with one attached hydrogen (secondary N) is 1. The van der Waals surface area contributed by atoms with Gasteiger partial charge in [-0.15, -0.1) is 0 Å². The van der Waals surface area contributed by atoms with Crippen molar-refractivity contribution in [1.29, 1.82) is 0 Å². The standard InChI is InChI=1S/C22H19BrN4O2/c1-13-4-8-17(9-5-13)26-21(28)19(14(2)24-26)12-20-15(3)25-27(22(20)29)18-10-6-16(23)7-11-18/h4-12,24H,1-3H3/b20-12-. The van der Waals surface area contributed by atoms with Crippen LogP contribution in [0.25, 0.3) is 11.8 Å². The van der Waals surface area contributed by atoms with Crippen molar-refractivity contribution >= 4 is 39.3 Å². The summed E-state index contributed by atoms with van der Waals surface area (Å²) >= 11 is 3.39. The molecule has 1 aliphatic rings. The first kappa shape index (κ1) is 19.1. The fraction of sp³-hybridized carbons (Fsp3) is 0.136. The van der Waals surface area contributed by atoms with Crippen LogP contribution in [0.15, 0.2) is 68.5 Å². The van der Waals surface area contributed by atoms with E-state index < -0.39 is 0 Å². The van der Waals surface area contributed by atoms with Crippen LogP contribution >= 0.6 is 15.9 Å². The maximum Gasteiger partial charge on any atom is 0.280 e. The number of carbonyl (C=O) groups excluding carboxylic acids is 1. The highest BCUT2D eigenvalue weighted by Gasteiger charge is 2.29. The van der Waals surface area contributed by atoms with Crippen molar-refractivity contribution in [2.45, 2.75) is 20.8 Å². The number of aryl methyl sites for hydroxylation is 2. The minimum atomic E-state index is -0.258. The maximum absolute atomic E-state index is 13.0. The van der Waals surface area contributed by atoms with Crippen molar-refractivity contribution in [2.24, 2.45) is 5.10 Å². The topological polar surface area (TPSA) is 70.5 Å². The zero-order valence-corrected chi connectivity index (χ0v) is 17.8. The summed E-state index contributed by atoms with van der Waals surface area (Å²) < 4.78 is 2.41. The number of aromatic nitrogens is 2. The smallest absolute Gasteiger partial charge is 0.280 e. The molecule has 1 aromatic heterocycles. The van der Waals surface area contributed by atoms with Crippen molar-refractivity contribution in [3.63, 3.8) is 0 Å². The van der Waals surface area contributed by atoms with Gasteiger partial charge >= 0.3 is 0 Å². The summed E-state index contributed by atoms with van der Waals surface area (Å²) in [4.78, 5) is 25.9. The first-order valence-electron chi connectivity index (χ1n) is 9.11. The van der Waals surface area contributed by atoms with Crippen molar-refractivity contribution in [3.8, 4) is 5.69 Å². The average molecular weight is 451 g/mol. The molecule has 0 saturated carbocycles. The second-order valence-electron chi connectivity index (χ2n) is 6.96. The van der Waals surface area contributed by atoms with Crippen molar-refractivity contribution in [3.05, 3.63) is 85.8 Å². The Morgan fingerprint density at radius 2 is 1.55 bits per heavy atom. The third kappa shape index (κ3) is 3.49. The van der Waals surface area contributed by atoms with E-state index in [1.54, 1.807) is 13.0 Å². The highest BCUT2D eigenvalue weighted by atomic mass is 79.9. The Morgan fingerprint density at radius 3 is 2.21 bits per heavy atom. The zero-order valence-electron chi connectivity index (χ0n) is 16.2. The van der Waals surface area contributed by atoms with Gasteiger partial charge in [0, 0.05) is 10.2 Å². The summed E-state index contributed by atoms with van der Waals surface area (Å²) in [5.74, 6) is -0.258. The molecule has 2 aromatic carbocycles. The first-order valence-corrected chi connectivity index (χ1v) is 9.90. The quantitative estimate of drug-likeness (QED) is 0.602. The molecule has 146 valence electrons. The third-order valence-electron chi connectivity index (χ3n) is 4.83. The molecule has 0 aliphatic carbocycles. The van der Waals surface area contributed by atoms with Gasteiger partial charge in [0.2, 0.25) is 0 Å². The number of hydrazone groups is 1. The average Bonchev–Trinajstić information content (AvgIpc) is 3.14. The van der Waals surface area contributed by atoms with E-state index in [0.29, 0.717) is 28.2 Å². The molecule has 0 radical (unpaired) electrons. The maximum atomic E-state index is 13.0. The molecule has 0 fully saturated rings. The molecule has 4 rings (SSSR count). The van der Waals surface area contributed by atoms with Crippen LogP contribution in [0.1, 0.15) is 23.7 Å². The van der Waals surface area contributed by atoms with Gasteiger partial charge in [-0.25, -0.2) is 4.68 Å². The lowest BCUT2D eigenvalue weighted by atomic mass is 10.1. The molecule has 0 atom stereocenters. The number of benzene rings is 2. The van der Waals surface area contributed by atoms with Gasteiger partial charge in [0.1, 0.15) is 0 Å². The van der Waals surface area contributed by atoms with E-state index >= 15 is 0 Å². The van der Waals surface area contributed by atoms with Gasteiger partial charge in [-0.3, -0.25) is 14.7 Å². The number of hydrogen-bond acceptors (Lipinski definition) is 3. The minimum absolute atomic E-state index is 0.207. The molecule has 0 bridgehead atoms. The van der Waals surface area contributed by atoms with Crippen LogP contribution in [-0.4, -0.2) is 21.4 Å². The lowest BCUT2D eigenvalue weighted by Crippen LogP contribution is -2.21. The predicted octanol–water partition coefficient (Wildman–Crippen LogP) is 4.35. The van der Waals surface area contributed by atoms with Crippen LogP contribution in [0.4, 0.5) is 5.69 Å². The summed E-state index contributed by atoms with van der Waals surface area (Å²) in [6, 6.07) is 15.0. The summed E-state index contributed by atoms with van der Waals surface area (Å²) in [5.41, 5.74) is 4.43. The second kappa shape index (κ2) is 7.33. The molecule has 0 unspecified atom stereocenters. The Balaban J connectivity index is 1.72. The first-order chi connectivity index (χ1) is 13.8. The van der Waals surface area contributed by atoms with Gasteiger partial charge in [-0.2, -0.15) is 10.1 Å². The number of nitrogens with zero attached hydrogens (tertiary/aromatic N) is 3. The highest BCUT2D eigenvalue weighted by Crippen LogP contribution is 2.26. The van der Waals surface area contributed by atoms with E-state index in [2.05, 4.69) is 26.1 Å². The summed E-state index contributed by atoms with van der Waals surface area (Å²) in [6.07, 6.45) is 1.62. The second-order valence-corrected chi connectivity index (χ2v) is 7.88. The number of carbonyl (C=O) groups is 1. The lowest BCUT2D eigenvalue weighted by Gasteiger charge is -2.11. The fourth-order valence-corrected chi connectivity index (χ4v) is 3.46. The minimum Gasteiger partial charge on any atom is -0.295 e. The van der Waals surface area contributed by atoms with Gasteiger partial charge in [0.15, 0.2) is 0 Å². The van der Waals surface area contributed by atoms with Crippen molar-refractivity contribution < 1.29 is 4.79 Å². The Morgan fingerprint density at radius 1 is 0.931 bits per heavy atom. The molecule has 1 aliphatic heterocycles.